The molecule has 2 N–H and O–H groups in total. The zero-order valence-electron chi connectivity index (χ0n) is 18.4. The van der Waals surface area contributed by atoms with Crippen molar-refractivity contribution in [3.63, 3.8) is 0 Å². The molecular weight excluding hydrogens is 442 g/mol. The van der Waals surface area contributed by atoms with Crippen molar-refractivity contribution in [1.82, 2.24) is 5.32 Å². The Morgan fingerprint density at radius 3 is 2.12 bits per heavy atom. The SMILES string of the molecule is CC(=O)NC1C(OC(=O)c2cccc(O)c2)OC(COC(C)=O)C(OC(C)=O)C1OC(C)=O. The van der Waals surface area contributed by atoms with E-state index in [2.05, 4.69) is 5.32 Å². The monoisotopic (exact) mass is 467 g/mol. The topological polar surface area (TPSA) is 164 Å². The summed E-state index contributed by atoms with van der Waals surface area (Å²) in [5.74, 6) is -3.90. The van der Waals surface area contributed by atoms with Crippen molar-refractivity contribution in [1.29, 1.82) is 0 Å². The normalized spacial score (nSPS) is 24.2. The van der Waals surface area contributed by atoms with Gasteiger partial charge in [0.1, 0.15) is 24.5 Å². The molecule has 1 aromatic carbocycles. The standard InChI is InChI=1S/C21H25NO11/c1-10(23)22-17-19(31-13(4)26)18(30-12(3)25)16(9-29-11(2)24)32-21(17)33-20(28)14-6-5-7-15(27)8-14/h5-8,16-19,21,27H,9H2,1-4H3,(H,22,23). The Morgan fingerprint density at radius 2 is 1.58 bits per heavy atom. The lowest BCUT2D eigenvalue weighted by Gasteiger charge is -2.44. The highest BCUT2D eigenvalue weighted by molar-refractivity contribution is 5.90. The number of carbonyl (C=O) groups is 5. The Hall–Kier alpha value is -3.67. The molecule has 180 valence electrons. The van der Waals surface area contributed by atoms with E-state index in [4.69, 9.17) is 23.7 Å². The van der Waals surface area contributed by atoms with Gasteiger partial charge in [0.05, 0.1) is 5.56 Å². The number of benzene rings is 1. The molecule has 1 amide bonds. The summed E-state index contributed by atoms with van der Waals surface area (Å²) in [5, 5.41) is 12.1. The average molecular weight is 467 g/mol. The minimum absolute atomic E-state index is 0.0251. The number of carbonyl (C=O) groups excluding carboxylic acids is 5. The predicted molar refractivity (Wildman–Crippen MR) is 108 cm³/mol. The maximum atomic E-state index is 12.7. The van der Waals surface area contributed by atoms with Crippen molar-refractivity contribution in [2.75, 3.05) is 6.61 Å². The molecule has 12 heteroatoms. The molecular formula is C21H25NO11. The Kier molecular flexibility index (Phi) is 8.74. The van der Waals surface area contributed by atoms with Gasteiger partial charge in [-0.1, -0.05) is 6.07 Å². The van der Waals surface area contributed by atoms with Crippen LogP contribution in [0.5, 0.6) is 5.75 Å². The fraction of sp³-hybridized carbons (Fsp3) is 0.476. The maximum absolute atomic E-state index is 12.7. The highest BCUT2D eigenvalue weighted by Crippen LogP contribution is 2.28. The van der Waals surface area contributed by atoms with Crippen molar-refractivity contribution < 1.29 is 52.8 Å². The number of rotatable bonds is 7. The zero-order chi connectivity index (χ0) is 24.7. The summed E-state index contributed by atoms with van der Waals surface area (Å²) in [7, 11) is 0. The van der Waals surface area contributed by atoms with E-state index in [1.807, 2.05) is 0 Å². The number of ether oxygens (including phenoxy) is 5. The molecule has 1 aliphatic rings. The third kappa shape index (κ3) is 7.45. The van der Waals surface area contributed by atoms with Crippen molar-refractivity contribution in [2.45, 2.75) is 58.3 Å². The largest absolute Gasteiger partial charge is 0.508 e. The molecule has 0 radical (unpaired) electrons. The molecule has 1 aromatic rings. The van der Waals surface area contributed by atoms with E-state index in [0.717, 1.165) is 26.8 Å². The number of phenolic OH excluding ortho intramolecular Hbond substituents is 1. The highest BCUT2D eigenvalue weighted by atomic mass is 16.7. The van der Waals surface area contributed by atoms with E-state index in [1.165, 1.54) is 25.1 Å². The molecule has 1 heterocycles. The molecule has 1 saturated heterocycles. The van der Waals surface area contributed by atoms with Crippen LogP contribution in [0.4, 0.5) is 0 Å². The second-order valence-electron chi connectivity index (χ2n) is 7.18. The van der Waals surface area contributed by atoms with E-state index in [9.17, 15) is 29.1 Å². The zero-order valence-corrected chi connectivity index (χ0v) is 18.4. The van der Waals surface area contributed by atoms with Crippen LogP contribution >= 0.6 is 0 Å². The summed E-state index contributed by atoms with van der Waals surface area (Å²) in [6.45, 7) is 4.09. The average Bonchev–Trinajstić information content (AvgIpc) is 2.69. The highest BCUT2D eigenvalue weighted by Gasteiger charge is 2.52. The van der Waals surface area contributed by atoms with Crippen LogP contribution in [-0.2, 0) is 42.9 Å². The minimum atomic E-state index is -1.54. The molecule has 1 aliphatic heterocycles. The van der Waals surface area contributed by atoms with Gasteiger partial charge in [-0.2, -0.15) is 0 Å². The van der Waals surface area contributed by atoms with Crippen molar-refractivity contribution in [3.8, 4) is 5.75 Å². The van der Waals surface area contributed by atoms with E-state index < -0.39 is 67.0 Å². The Labute approximate surface area is 189 Å². The Bertz CT molecular complexity index is 915. The van der Waals surface area contributed by atoms with E-state index in [0.29, 0.717) is 0 Å². The molecule has 33 heavy (non-hydrogen) atoms. The Balaban J connectivity index is 2.43. The van der Waals surface area contributed by atoms with Gasteiger partial charge in [-0.3, -0.25) is 19.2 Å². The van der Waals surface area contributed by atoms with Gasteiger partial charge in [0.25, 0.3) is 0 Å². The number of hydrogen-bond acceptors (Lipinski definition) is 11. The van der Waals surface area contributed by atoms with Crippen LogP contribution in [0.15, 0.2) is 24.3 Å². The van der Waals surface area contributed by atoms with Gasteiger partial charge >= 0.3 is 23.9 Å². The van der Waals surface area contributed by atoms with Crippen LogP contribution in [0.3, 0.4) is 0 Å². The molecule has 5 unspecified atom stereocenters. The number of nitrogens with one attached hydrogen (secondary N) is 1. The smallest absolute Gasteiger partial charge is 0.340 e. The van der Waals surface area contributed by atoms with Gasteiger partial charge in [0.15, 0.2) is 12.2 Å². The Morgan fingerprint density at radius 1 is 0.939 bits per heavy atom. The maximum Gasteiger partial charge on any atom is 0.340 e. The lowest BCUT2D eigenvalue weighted by molar-refractivity contribution is -0.263. The minimum Gasteiger partial charge on any atom is -0.508 e. The molecule has 0 bridgehead atoms. The number of aromatic hydroxyl groups is 1. The first-order valence-corrected chi connectivity index (χ1v) is 9.88. The molecule has 12 nitrogen and oxygen atoms in total. The van der Waals surface area contributed by atoms with Gasteiger partial charge in [-0.15, -0.1) is 0 Å². The molecule has 5 atom stereocenters. The molecule has 1 fully saturated rings. The molecule has 2 rings (SSSR count). The second kappa shape index (κ2) is 11.3. The van der Waals surface area contributed by atoms with Crippen LogP contribution in [-0.4, -0.2) is 72.1 Å². The first-order valence-electron chi connectivity index (χ1n) is 9.88. The third-order valence-corrected chi connectivity index (χ3v) is 4.38. The van der Waals surface area contributed by atoms with Crippen molar-refractivity contribution >= 4 is 29.8 Å². The van der Waals surface area contributed by atoms with Crippen LogP contribution in [0.1, 0.15) is 38.1 Å². The molecule has 0 spiro atoms. The van der Waals surface area contributed by atoms with E-state index >= 15 is 0 Å². The summed E-state index contributed by atoms with van der Waals surface area (Å²) < 4.78 is 26.6. The van der Waals surface area contributed by atoms with Crippen LogP contribution < -0.4 is 5.32 Å². The van der Waals surface area contributed by atoms with Gasteiger partial charge < -0.3 is 34.1 Å². The summed E-state index contributed by atoms with van der Waals surface area (Å²) in [6.07, 6.45) is -5.42. The van der Waals surface area contributed by atoms with Crippen molar-refractivity contribution in [3.05, 3.63) is 29.8 Å². The predicted octanol–water partition coefficient (Wildman–Crippen LogP) is 0.205. The second-order valence-corrected chi connectivity index (χ2v) is 7.18. The number of phenols is 1. The summed E-state index contributed by atoms with van der Waals surface area (Å²) in [6, 6.07) is 4.01. The molecule has 0 aliphatic carbocycles. The van der Waals surface area contributed by atoms with E-state index in [-0.39, 0.29) is 11.3 Å². The fourth-order valence-corrected chi connectivity index (χ4v) is 3.20. The van der Waals surface area contributed by atoms with Crippen molar-refractivity contribution in [2.24, 2.45) is 0 Å². The third-order valence-electron chi connectivity index (χ3n) is 4.38. The summed E-state index contributed by atoms with van der Waals surface area (Å²) >= 11 is 0. The number of esters is 4. The summed E-state index contributed by atoms with van der Waals surface area (Å²) in [4.78, 5) is 59.3. The van der Waals surface area contributed by atoms with E-state index in [1.54, 1.807) is 0 Å². The first kappa shape index (κ1) is 25.6. The quantitative estimate of drug-likeness (QED) is 0.416. The first-order chi connectivity index (χ1) is 15.5. The fourth-order valence-electron chi connectivity index (χ4n) is 3.20. The lowest BCUT2D eigenvalue weighted by atomic mass is 9.96. The van der Waals surface area contributed by atoms with Crippen LogP contribution in [0.25, 0.3) is 0 Å². The van der Waals surface area contributed by atoms with Gasteiger partial charge in [-0.25, -0.2) is 4.79 Å². The van der Waals surface area contributed by atoms with Gasteiger partial charge in [0.2, 0.25) is 12.2 Å². The van der Waals surface area contributed by atoms with Crippen LogP contribution in [0.2, 0.25) is 0 Å². The van der Waals surface area contributed by atoms with Gasteiger partial charge in [0, 0.05) is 27.7 Å². The molecule has 0 aromatic heterocycles. The molecule has 0 saturated carbocycles. The lowest BCUT2D eigenvalue weighted by Crippen LogP contribution is -2.66. The van der Waals surface area contributed by atoms with Gasteiger partial charge in [-0.05, 0) is 18.2 Å². The number of amides is 1. The van der Waals surface area contributed by atoms with Crippen LogP contribution in [0, 0.1) is 0 Å². The number of hydrogen-bond donors (Lipinski definition) is 2. The summed E-state index contributed by atoms with van der Waals surface area (Å²) in [5.41, 5.74) is -0.0251.